The Kier molecular flexibility index (Phi) is 4.84. The van der Waals surface area contributed by atoms with Gasteiger partial charge in [-0.05, 0) is 24.3 Å². The highest BCUT2D eigenvalue weighted by Gasteiger charge is 2.46. The van der Waals surface area contributed by atoms with Gasteiger partial charge < -0.3 is 34.7 Å². The zero-order valence-corrected chi connectivity index (χ0v) is 20.6. The molecule has 10 nitrogen and oxygen atoms in total. The van der Waals surface area contributed by atoms with E-state index >= 15 is 0 Å². The summed E-state index contributed by atoms with van der Waals surface area (Å²) >= 11 is 3.49. The molecule has 2 aliphatic rings. The SMILES string of the molecule is O=C1NC(=O)c2c1c1c3cc(Br)ccc3[nH]c1c1c2c2ccccc2n1[C@@H]1O[C@H](CO)[C@@H](O)[C@H](O)[C@H]1O. The molecule has 37 heavy (non-hydrogen) atoms. The Hall–Kier alpha value is -3.32. The van der Waals surface area contributed by atoms with Crippen LogP contribution >= 0.6 is 15.9 Å². The van der Waals surface area contributed by atoms with Crippen LogP contribution in [0, 0.1) is 0 Å². The molecule has 0 saturated carbocycles. The first-order valence-electron chi connectivity index (χ1n) is 11.7. The van der Waals surface area contributed by atoms with Gasteiger partial charge in [-0.3, -0.25) is 14.9 Å². The van der Waals surface area contributed by atoms with Crippen LogP contribution in [0.25, 0.3) is 43.6 Å². The number of hydrogen-bond donors (Lipinski definition) is 6. The van der Waals surface area contributed by atoms with Crippen molar-refractivity contribution >= 4 is 71.4 Å². The minimum absolute atomic E-state index is 0.216. The first-order valence-corrected chi connectivity index (χ1v) is 12.5. The van der Waals surface area contributed by atoms with Gasteiger partial charge in [0, 0.05) is 31.5 Å². The van der Waals surface area contributed by atoms with Crippen molar-refractivity contribution in [1.29, 1.82) is 0 Å². The van der Waals surface area contributed by atoms with Gasteiger partial charge in [0.15, 0.2) is 6.23 Å². The number of aromatic nitrogens is 2. The molecule has 1 saturated heterocycles. The molecule has 188 valence electrons. The molecule has 0 unspecified atom stereocenters. The Labute approximate surface area is 216 Å². The average molecular weight is 566 g/mol. The molecular weight excluding hydrogens is 546 g/mol. The third-order valence-corrected chi connectivity index (χ3v) is 7.95. The molecule has 4 heterocycles. The zero-order valence-electron chi connectivity index (χ0n) is 19.0. The first-order chi connectivity index (χ1) is 17.8. The van der Waals surface area contributed by atoms with E-state index in [9.17, 15) is 30.0 Å². The lowest BCUT2D eigenvalue weighted by atomic mass is 9.96. The van der Waals surface area contributed by atoms with Crippen molar-refractivity contribution in [1.82, 2.24) is 14.9 Å². The highest BCUT2D eigenvalue weighted by Crippen LogP contribution is 2.46. The summed E-state index contributed by atoms with van der Waals surface area (Å²) in [7, 11) is 0. The van der Waals surface area contributed by atoms with Crippen molar-refractivity contribution in [2.24, 2.45) is 0 Å². The fourth-order valence-corrected chi connectivity index (χ4v) is 6.22. The fourth-order valence-electron chi connectivity index (χ4n) is 5.86. The summed E-state index contributed by atoms with van der Waals surface area (Å²) < 4.78 is 8.41. The average Bonchev–Trinajstić information content (AvgIpc) is 3.52. The van der Waals surface area contributed by atoms with E-state index in [2.05, 4.69) is 26.2 Å². The number of rotatable bonds is 2. The summed E-state index contributed by atoms with van der Waals surface area (Å²) in [5, 5.41) is 46.6. The van der Waals surface area contributed by atoms with E-state index in [0.717, 1.165) is 15.4 Å². The molecule has 6 N–H and O–H groups in total. The number of imide groups is 1. The number of aliphatic hydroxyl groups is 4. The number of amides is 2. The van der Waals surface area contributed by atoms with Crippen molar-refractivity contribution in [3.8, 4) is 0 Å². The first kappa shape index (κ1) is 22.8. The van der Waals surface area contributed by atoms with Gasteiger partial charge in [-0.2, -0.15) is 0 Å². The van der Waals surface area contributed by atoms with Crippen molar-refractivity contribution in [3.05, 3.63) is 58.1 Å². The maximum absolute atomic E-state index is 13.2. The smallest absolute Gasteiger partial charge is 0.259 e. The Morgan fingerprint density at radius 2 is 1.65 bits per heavy atom. The molecule has 5 aromatic rings. The number of carbonyl (C=O) groups is 2. The van der Waals surface area contributed by atoms with Crippen LogP contribution < -0.4 is 5.32 Å². The lowest BCUT2D eigenvalue weighted by molar-refractivity contribution is -0.249. The third-order valence-electron chi connectivity index (χ3n) is 7.46. The van der Waals surface area contributed by atoms with Crippen LogP contribution in [0.2, 0.25) is 0 Å². The lowest BCUT2D eigenvalue weighted by Crippen LogP contribution is -2.56. The normalized spacial score (nSPS) is 26.0. The summed E-state index contributed by atoms with van der Waals surface area (Å²) in [6.07, 6.45) is -7.04. The maximum Gasteiger partial charge on any atom is 0.259 e. The van der Waals surface area contributed by atoms with E-state index in [-0.39, 0.29) is 11.1 Å². The van der Waals surface area contributed by atoms with E-state index in [1.807, 2.05) is 18.2 Å². The molecule has 7 rings (SSSR count). The summed E-state index contributed by atoms with van der Waals surface area (Å²) in [6, 6.07) is 12.7. The predicted octanol–water partition coefficient (Wildman–Crippen LogP) is 2.05. The molecule has 0 aliphatic carbocycles. The van der Waals surface area contributed by atoms with Gasteiger partial charge in [-0.15, -0.1) is 0 Å². The summed E-state index contributed by atoms with van der Waals surface area (Å²) in [6.45, 7) is -0.583. The second kappa shape index (κ2) is 7.84. The molecule has 2 aliphatic heterocycles. The number of nitrogens with one attached hydrogen (secondary N) is 2. The van der Waals surface area contributed by atoms with Gasteiger partial charge in [-0.25, -0.2) is 0 Å². The summed E-state index contributed by atoms with van der Waals surface area (Å²) in [4.78, 5) is 29.7. The second-order valence-corrected chi connectivity index (χ2v) is 10.3. The minimum atomic E-state index is -1.60. The van der Waals surface area contributed by atoms with Crippen LogP contribution in [0.15, 0.2) is 46.9 Å². The molecule has 1 fully saturated rings. The highest BCUT2D eigenvalue weighted by molar-refractivity contribution is 9.10. The highest BCUT2D eigenvalue weighted by atomic mass is 79.9. The predicted molar refractivity (Wildman–Crippen MR) is 137 cm³/mol. The Balaban J connectivity index is 1.71. The molecule has 5 atom stereocenters. The number of nitrogens with zero attached hydrogens (tertiary/aromatic N) is 1. The number of para-hydroxylation sites is 1. The van der Waals surface area contributed by atoms with E-state index in [1.165, 1.54) is 0 Å². The van der Waals surface area contributed by atoms with Gasteiger partial charge >= 0.3 is 0 Å². The number of carbonyl (C=O) groups excluding carboxylic acids is 2. The lowest BCUT2D eigenvalue weighted by Gasteiger charge is -2.41. The zero-order chi connectivity index (χ0) is 25.7. The molecule has 2 aromatic heterocycles. The Morgan fingerprint density at radius 3 is 2.41 bits per heavy atom. The van der Waals surface area contributed by atoms with Crippen molar-refractivity contribution < 1.29 is 34.8 Å². The maximum atomic E-state index is 13.2. The van der Waals surface area contributed by atoms with E-state index in [1.54, 1.807) is 28.8 Å². The number of aromatic amines is 1. The number of hydrogen-bond acceptors (Lipinski definition) is 7. The Bertz CT molecular complexity index is 1810. The number of ether oxygens (including phenoxy) is 1. The molecule has 0 bridgehead atoms. The second-order valence-electron chi connectivity index (χ2n) is 9.43. The summed E-state index contributed by atoms with van der Waals surface area (Å²) in [5.41, 5.74) is 2.80. The number of aliphatic hydroxyl groups excluding tert-OH is 4. The van der Waals surface area contributed by atoms with Gasteiger partial charge in [0.2, 0.25) is 0 Å². The quantitative estimate of drug-likeness (QED) is 0.179. The monoisotopic (exact) mass is 565 g/mol. The van der Waals surface area contributed by atoms with E-state index < -0.39 is 49.1 Å². The topological polar surface area (TPSA) is 157 Å². The Morgan fingerprint density at radius 1 is 0.919 bits per heavy atom. The van der Waals surface area contributed by atoms with Crippen LogP contribution in [-0.4, -0.2) is 72.8 Å². The van der Waals surface area contributed by atoms with Crippen LogP contribution in [0.4, 0.5) is 0 Å². The number of H-pyrrole nitrogens is 1. The van der Waals surface area contributed by atoms with Crippen LogP contribution in [0.1, 0.15) is 26.9 Å². The van der Waals surface area contributed by atoms with Crippen LogP contribution in [0.5, 0.6) is 0 Å². The third kappa shape index (κ3) is 2.92. The van der Waals surface area contributed by atoms with E-state index in [0.29, 0.717) is 32.7 Å². The summed E-state index contributed by atoms with van der Waals surface area (Å²) in [5.74, 6) is -1.04. The number of benzene rings is 3. The molecule has 3 aromatic carbocycles. The molecular formula is C26H20BrN3O7. The van der Waals surface area contributed by atoms with Crippen LogP contribution in [0.3, 0.4) is 0 Å². The van der Waals surface area contributed by atoms with Crippen molar-refractivity contribution in [2.75, 3.05) is 6.61 Å². The fraction of sp³-hybridized carbons (Fsp3) is 0.231. The van der Waals surface area contributed by atoms with E-state index in [4.69, 9.17) is 4.74 Å². The number of halogens is 1. The van der Waals surface area contributed by atoms with Gasteiger partial charge in [0.25, 0.3) is 11.8 Å². The molecule has 11 heteroatoms. The van der Waals surface area contributed by atoms with Gasteiger partial charge in [0.05, 0.1) is 34.3 Å². The molecule has 2 amide bonds. The largest absolute Gasteiger partial charge is 0.394 e. The minimum Gasteiger partial charge on any atom is -0.394 e. The van der Waals surface area contributed by atoms with Crippen molar-refractivity contribution in [3.63, 3.8) is 0 Å². The van der Waals surface area contributed by atoms with Crippen molar-refractivity contribution in [2.45, 2.75) is 30.6 Å². The van der Waals surface area contributed by atoms with Gasteiger partial charge in [-0.1, -0.05) is 34.1 Å². The van der Waals surface area contributed by atoms with Gasteiger partial charge in [0.1, 0.15) is 24.4 Å². The standard InChI is InChI=1S/C26H20BrN3O7/c27-9-5-6-12-11(7-9)15-17-18(25(36)29-24(17)35)16-10-3-1-2-4-13(10)30(20(16)19(15)28-12)26-23(34)22(33)21(32)14(8-31)37-26/h1-7,14,21-23,26,28,31-34H,8H2,(H,29,35,36)/t14-,21-,22+,23-,26-/m1/s1. The van der Waals surface area contributed by atoms with Crippen LogP contribution in [-0.2, 0) is 4.74 Å². The molecule has 0 spiro atoms. The molecule has 0 radical (unpaired) electrons. The number of fused-ring (bicyclic) bond motifs is 10.